The second-order valence-corrected chi connectivity index (χ2v) is 7.84. The molecule has 1 aromatic carbocycles. The highest BCUT2D eigenvalue weighted by Gasteiger charge is 2.27. The summed E-state index contributed by atoms with van der Waals surface area (Å²) in [7, 11) is 0.308. The minimum absolute atomic E-state index is 0.246. The lowest BCUT2D eigenvalue weighted by Crippen LogP contribution is -2.40. The van der Waals surface area contributed by atoms with E-state index in [1.54, 1.807) is 18.2 Å². The molecule has 21 heavy (non-hydrogen) atoms. The minimum atomic E-state index is -3.49. The molecule has 0 saturated heterocycles. The average molecular weight is 313 g/mol. The standard InChI is InChI=1S/C14H23N3O3S/c1-14(2)10-15-12-9-11(5-6-13(12)20-14)21(18,19)16-7-8-17(3)4/h5-6,9,15-16H,7-8,10H2,1-4H3. The molecule has 0 aromatic heterocycles. The fourth-order valence-corrected chi connectivity index (χ4v) is 3.08. The van der Waals surface area contributed by atoms with Crippen molar-refractivity contribution in [2.75, 3.05) is 39.0 Å². The Morgan fingerprint density at radius 2 is 2.10 bits per heavy atom. The molecule has 0 bridgehead atoms. The number of hydrogen-bond donors (Lipinski definition) is 2. The molecule has 0 unspecified atom stereocenters. The first-order chi connectivity index (χ1) is 9.70. The maximum absolute atomic E-state index is 12.2. The van der Waals surface area contributed by atoms with Gasteiger partial charge in [-0.3, -0.25) is 0 Å². The van der Waals surface area contributed by atoms with Crippen molar-refractivity contribution in [3.8, 4) is 5.75 Å². The van der Waals surface area contributed by atoms with Gasteiger partial charge in [-0.15, -0.1) is 0 Å². The molecule has 2 rings (SSSR count). The summed E-state index contributed by atoms with van der Waals surface area (Å²) >= 11 is 0. The number of ether oxygens (including phenoxy) is 1. The van der Waals surface area contributed by atoms with Gasteiger partial charge in [0.1, 0.15) is 11.4 Å². The van der Waals surface area contributed by atoms with Gasteiger partial charge in [0, 0.05) is 13.1 Å². The molecule has 7 heteroatoms. The fourth-order valence-electron chi connectivity index (χ4n) is 2.03. The molecule has 0 aliphatic carbocycles. The number of likely N-dealkylation sites (N-methyl/N-ethyl adjacent to an activating group) is 1. The van der Waals surface area contributed by atoms with E-state index in [1.807, 2.05) is 32.8 Å². The van der Waals surface area contributed by atoms with E-state index in [2.05, 4.69) is 10.0 Å². The Morgan fingerprint density at radius 3 is 2.76 bits per heavy atom. The van der Waals surface area contributed by atoms with E-state index in [9.17, 15) is 8.42 Å². The van der Waals surface area contributed by atoms with E-state index in [0.29, 0.717) is 31.1 Å². The van der Waals surface area contributed by atoms with Gasteiger partial charge < -0.3 is 15.0 Å². The third-order valence-electron chi connectivity index (χ3n) is 3.20. The molecular formula is C14H23N3O3S. The normalized spacial score (nSPS) is 17.0. The van der Waals surface area contributed by atoms with Crippen LogP contribution in [0.1, 0.15) is 13.8 Å². The van der Waals surface area contributed by atoms with Crippen molar-refractivity contribution < 1.29 is 13.2 Å². The topological polar surface area (TPSA) is 70.7 Å². The Morgan fingerprint density at radius 1 is 1.38 bits per heavy atom. The first-order valence-electron chi connectivity index (χ1n) is 6.91. The highest BCUT2D eigenvalue weighted by molar-refractivity contribution is 7.89. The van der Waals surface area contributed by atoms with Crippen molar-refractivity contribution in [2.24, 2.45) is 0 Å². The largest absolute Gasteiger partial charge is 0.484 e. The Hall–Kier alpha value is -1.31. The van der Waals surface area contributed by atoms with Crippen LogP contribution >= 0.6 is 0 Å². The predicted molar refractivity (Wildman–Crippen MR) is 83.4 cm³/mol. The fraction of sp³-hybridized carbons (Fsp3) is 0.571. The van der Waals surface area contributed by atoms with Crippen molar-refractivity contribution in [2.45, 2.75) is 24.3 Å². The number of sulfonamides is 1. The van der Waals surface area contributed by atoms with Crippen LogP contribution in [-0.4, -0.2) is 52.6 Å². The van der Waals surface area contributed by atoms with Gasteiger partial charge in [0.15, 0.2) is 0 Å². The summed E-state index contributed by atoms with van der Waals surface area (Å²) in [6.07, 6.45) is 0. The molecule has 1 aliphatic rings. The van der Waals surface area contributed by atoms with E-state index >= 15 is 0 Å². The quantitative estimate of drug-likeness (QED) is 0.852. The summed E-state index contributed by atoms with van der Waals surface area (Å²) in [4.78, 5) is 2.17. The molecule has 0 atom stereocenters. The van der Waals surface area contributed by atoms with Gasteiger partial charge in [-0.05, 0) is 46.1 Å². The van der Waals surface area contributed by atoms with Crippen molar-refractivity contribution >= 4 is 15.7 Å². The molecule has 2 N–H and O–H groups in total. The van der Waals surface area contributed by atoms with Gasteiger partial charge in [0.25, 0.3) is 0 Å². The zero-order valence-electron chi connectivity index (χ0n) is 12.9. The highest BCUT2D eigenvalue weighted by atomic mass is 32.2. The van der Waals surface area contributed by atoms with E-state index < -0.39 is 10.0 Å². The van der Waals surface area contributed by atoms with E-state index in [1.165, 1.54) is 0 Å². The average Bonchev–Trinajstić information content (AvgIpc) is 2.36. The summed E-state index contributed by atoms with van der Waals surface area (Å²) in [5, 5.41) is 3.21. The maximum Gasteiger partial charge on any atom is 0.240 e. The first-order valence-corrected chi connectivity index (χ1v) is 8.39. The zero-order valence-corrected chi connectivity index (χ0v) is 13.8. The lowest BCUT2D eigenvalue weighted by Gasteiger charge is -2.33. The molecule has 0 radical (unpaired) electrons. The number of rotatable bonds is 5. The first kappa shape index (κ1) is 16.1. The maximum atomic E-state index is 12.2. The van der Waals surface area contributed by atoms with Gasteiger partial charge in [-0.2, -0.15) is 0 Å². The number of fused-ring (bicyclic) bond motifs is 1. The van der Waals surface area contributed by atoms with Gasteiger partial charge in [0.05, 0.1) is 17.1 Å². The number of benzene rings is 1. The Kier molecular flexibility index (Phi) is 4.46. The SMILES string of the molecule is CN(C)CCNS(=O)(=O)c1ccc2c(c1)NCC(C)(C)O2. The van der Waals surface area contributed by atoms with Gasteiger partial charge in [-0.1, -0.05) is 0 Å². The molecule has 1 aromatic rings. The molecule has 6 nitrogen and oxygen atoms in total. The van der Waals surface area contributed by atoms with Crippen molar-refractivity contribution in [1.82, 2.24) is 9.62 Å². The molecule has 1 heterocycles. The molecule has 0 amide bonds. The number of nitrogens with zero attached hydrogens (tertiary/aromatic N) is 1. The van der Waals surface area contributed by atoms with Gasteiger partial charge in [0.2, 0.25) is 10.0 Å². The van der Waals surface area contributed by atoms with E-state index in [-0.39, 0.29) is 10.5 Å². The summed E-state index contributed by atoms with van der Waals surface area (Å²) in [5.41, 5.74) is 0.418. The molecular weight excluding hydrogens is 290 g/mol. The predicted octanol–water partition coefficient (Wildman–Crippen LogP) is 1.11. The van der Waals surface area contributed by atoms with Crippen molar-refractivity contribution in [3.63, 3.8) is 0 Å². The van der Waals surface area contributed by atoms with E-state index in [4.69, 9.17) is 4.74 Å². The third-order valence-corrected chi connectivity index (χ3v) is 4.66. The van der Waals surface area contributed by atoms with E-state index in [0.717, 1.165) is 0 Å². The molecule has 118 valence electrons. The third kappa shape index (κ3) is 4.09. The number of nitrogens with one attached hydrogen (secondary N) is 2. The smallest absolute Gasteiger partial charge is 0.240 e. The molecule has 0 spiro atoms. The van der Waals surface area contributed by atoms with Crippen LogP contribution in [0.25, 0.3) is 0 Å². The van der Waals surface area contributed by atoms with Crippen LogP contribution in [0.4, 0.5) is 5.69 Å². The highest BCUT2D eigenvalue weighted by Crippen LogP contribution is 2.34. The van der Waals surface area contributed by atoms with Crippen LogP contribution in [0.3, 0.4) is 0 Å². The monoisotopic (exact) mass is 313 g/mol. The lowest BCUT2D eigenvalue weighted by atomic mass is 10.1. The van der Waals surface area contributed by atoms with Crippen LogP contribution in [0.5, 0.6) is 5.75 Å². The summed E-state index contributed by atoms with van der Waals surface area (Å²) < 4.78 is 32.9. The minimum Gasteiger partial charge on any atom is -0.484 e. The second kappa shape index (κ2) is 5.82. The van der Waals surface area contributed by atoms with Gasteiger partial charge in [-0.25, -0.2) is 13.1 Å². The number of anilines is 1. The molecule has 1 aliphatic heterocycles. The van der Waals surface area contributed by atoms with Crippen molar-refractivity contribution in [3.05, 3.63) is 18.2 Å². The summed E-state index contributed by atoms with van der Waals surface area (Å²) in [5.74, 6) is 0.679. The summed E-state index contributed by atoms with van der Waals surface area (Å²) in [6, 6.07) is 4.88. The molecule has 0 fully saturated rings. The molecule has 0 saturated carbocycles. The summed E-state index contributed by atoms with van der Waals surface area (Å²) in [6.45, 7) is 5.63. The second-order valence-electron chi connectivity index (χ2n) is 6.07. The number of hydrogen-bond acceptors (Lipinski definition) is 5. The zero-order chi connectivity index (χ0) is 15.7. The van der Waals surface area contributed by atoms with Gasteiger partial charge >= 0.3 is 0 Å². The van der Waals surface area contributed by atoms with Crippen molar-refractivity contribution in [1.29, 1.82) is 0 Å². The van der Waals surface area contributed by atoms with Crippen LogP contribution in [-0.2, 0) is 10.0 Å². The van der Waals surface area contributed by atoms with Crippen LogP contribution < -0.4 is 14.8 Å². The van der Waals surface area contributed by atoms with Crippen LogP contribution in [0.2, 0.25) is 0 Å². The Balaban J connectivity index is 2.15. The Bertz CT molecular complexity index is 612. The Labute approximate surface area is 126 Å². The van der Waals surface area contributed by atoms with Crippen LogP contribution in [0, 0.1) is 0 Å². The lowest BCUT2D eigenvalue weighted by molar-refractivity contribution is 0.116. The van der Waals surface area contributed by atoms with Crippen LogP contribution in [0.15, 0.2) is 23.1 Å².